The zero-order chi connectivity index (χ0) is 16.4. The molecule has 1 fully saturated rings. The zero-order valence-corrected chi connectivity index (χ0v) is 13.8. The molecular weight excluding hydrogens is 338 g/mol. The molecule has 0 atom stereocenters. The van der Waals surface area contributed by atoms with Crippen molar-refractivity contribution in [3.8, 4) is 0 Å². The highest BCUT2D eigenvalue weighted by atomic mass is 35.5. The van der Waals surface area contributed by atoms with Crippen molar-refractivity contribution < 1.29 is 9.18 Å². The summed E-state index contributed by atoms with van der Waals surface area (Å²) in [4.78, 5) is 15.9. The van der Waals surface area contributed by atoms with E-state index in [-0.39, 0.29) is 23.6 Å². The van der Waals surface area contributed by atoms with Crippen LogP contribution < -0.4 is 5.32 Å². The van der Waals surface area contributed by atoms with E-state index in [9.17, 15) is 9.18 Å². The van der Waals surface area contributed by atoms with Crippen LogP contribution in [0.1, 0.15) is 24.0 Å². The number of nitrogens with one attached hydrogen (secondary N) is 1. The number of rotatable bonds is 5. The van der Waals surface area contributed by atoms with Gasteiger partial charge in [0.2, 0.25) is 5.91 Å². The van der Waals surface area contributed by atoms with Gasteiger partial charge >= 0.3 is 0 Å². The molecule has 1 heterocycles. The van der Waals surface area contributed by atoms with Gasteiger partial charge in [0.05, 0.1) is 12.6 Å². The van der Waals surface area contributed by atoms with E-state index in [0.717, 1.165) is 12.8 Å². The van der Waals surface area contributed by atoms with Crippen LogP contribution in [0.4, 0.5) is 4.39 Å². The second kappa shape index (κ2) is 6.46. The zero-order valence-electron chi connectivity index (χ0n) is 12.3. The van der Waals surface area contributed by atoms with Gasteiger partial charge in [-0.3, -0.25) is 9.78 Å². The van der Waals surface area contributed by atoms with Crippen molar-refractivity contribution in [2.75, 3.05) is 6.54 Å². The minimum atomic E-state index is -0.326. The van der Waals surface area contributed by atoms with E-state index >= 15 is 0 Å². The quantitative estimate of drug-likeness (QED) is 0.885. The molecular formula is C17H15Cl2FN2O. The van der Waals surface area contributed by atoms with Gasteiger partial charge < -0.3 is 5.32 Å². The van der Waals surface area contributed by atoms with E-state index in [1.165, 1.54) is 6.20 Å². The van der Waals surface area contributed by atoms with Crippen LogP contribution >= 0.6 is 23.2 Å². The van der Waals surface area contributed by atoms with E-state index in [1.807, 2.05) is 0 Å². The highest BCUT2D eigenvalue weighted by Crippen LogP contribution is 2.48. The van der Waals surface area contributed by atoms with Gasteiger partial charge in [-0.15, -0.1) is 0 Å². The van der Waals surface area contributed by atoms with E-state index in [0.29, 0.717) is 27.7 Å². The molecule has 1 N–H and O–H groups in total. The Bertz CT molecular complexity index is 727. The van der Waals surface area contributed by atoms with Crippen LogP contribution in [-0.4, -0.2) is 17.4 Å². The third kappa shape index (κ3) is 3.48. The van der Waals surface area contributed by atoms with E-state index in [4.69, 9.17) is 23.2 Å². The number of pyridine rings is 1. The molecule has 1 aliphatic rings. The summed E-state index contributed by atoms with van der Waals surface area (Å²) in [7, 11) is 0. The molecule has 0 spiro atoms. The standard InChI is InChI=1S/C17H15Cl2FN2O/c18-13-2-1-3-14(19)11(13)8-16(23)22-10-17(5-6-17)12-4-7-21-9-15(12)20/h1-4,7,9H,5-6,8,10H2,(H,22,23). The second-order valence-corrected chi connectivity index (χ2v) is 6.60. The average Bonchev–Trinajstić information content (AvgIpc) is 3.31. The van der Waals surface area contributed by atoms with Gasteiger partial charge in [-0.2, -0.15) is 0 Å². The number of benzene rings is 1. The highest BCUT2D eigenvalue weighted by Gasteiger charge is 2.46. The highest BCUT2D eigenvalue weighted by molar-refractivity contribution is 6.36. The summed E-state index contributed by atoms with van der Waals surface area (Å²) in [6, 6.07) is 6.81. The lowest BCUT2D eigenvalue weighted by Gasteiger charge is -2.17. The van der Waals surface area contributed by atoms with Crippen LogP contribution in [0.25, 0.3) is 0 Å². The normalized spacial score (nSPS) is 15.3. The van der Waals surface area contributed by atoms with Gasteiger partial charge in [-0.05, 0) is 42.2 Å². The van der Waals surface area contributed by atoms with E-state index in [1.54, 1.807) is 30.5 Å². The molecule has 6 heteroatoms. The summed E-state index contributed by atoms with van der Waals surface area (Å²) in [6.07, 6.45) is 4.58. The maximum Gasteiger partial charge on any atom is 0.224 e. The molecule has 0 radical (unpaired) electrons. The number of halogens is 3. The summed E-state index contributed by atoms with van der Waals surface area (Å²) in [5, 5.41) is 3.80. The van der Waals surface area contributed by atoms with Gasteiger partial charge in [-0.25, -0.2) is 4.39 Å². The maximum atomic E-state index is 13.9. The Kier molecular flexibility index (Phi) is 4.55. The first-order valence-corrected chi connectivity index (χ1v) is 8.07. The lowest BCUT2D eigenvalue weighted by atomic mass is 9.96. The van der Waals surface area contributed by atoms with Gasteiger partial charge in [0, 0.05) is 28.2 Å². The van der Waals surface area contributed by atoms with Crippen LogP contribution in [0.5, 0.6) is 0 Å². The van der Waals surface area contributed by atoms with Gasteiger partial charge in [0.1, 0.15) is 5.82 Å². The van der Waals surface area contributed by atoms with Gasteiger partial charge in [-0.1, -0.05) is 29.3 Å². The Morgan fingerprint density at radius 2 is 1.96 bits per heavy atom. The number of hydrogen-bond donors (Lipinski definition) is 1. The molecule has 1 amide bonds. The van der Waals surface area contributed by atoms with Crippen molar-refractivity contribution in [3.63, 3.8) is 0 Å². The summed E-state index contributed by atoms with van der Waals surface area (Å²) in [5.74, 6) is -0.505. The fourth-order valence-corrected chi connectivity index (χ4v) is 3.22. The molecule has 1 saturated carbocycles. The number of carbonyl (C=O) groups is 1. The summed E-state index contributed by atoms with van der Waals surface area (Å²) >= 11 is 12.1. The molecule has 3 nitrogen and oxygen atoms in total. The van der Waals surface area contributed by atoms with E-state index in [2.05, 4.69) is 10.3 Å². The topological polar surface area (TPSA) is 42.0 Å². The molecule has 0 bridgehead atoms. The van der Waals surface area contributed by atoms with Crippen molar-refractivity contribution in [2.24, 2.45) is 0 Å². The molecule has 0 unspecified atom stereocenters. The Morgan fingerprint density at radius 3 is 2.57 bits per heavy atom. The lowest BCUT2D eigenvalue weighted by molar-refractivity contribution is -0.120. The minimum absolute atomic E-state index is 0.105. The third-order valence-corrected chi connectivity index (χ3v) is 4.93. The molecule has 1 aromatic heterocycles. The summed E-state index contributed by atoms with van der Waals surface area (Å²) in [6.45, 7) is 0.398. The number of amides is 1. The second-order valence-electron chi connectivity index (χ2n) is 5.79. The largest absolute Gasteiger partial charge is 0.355 e. The first-order valence-electron chi connectivity index (χ1n) is 7.31. The van der Waals surface area contributed by atoms with Crippen molar-refractivity contribution in [3.05, 3.63) is 63.6 Å². The van der Waals surface area contributed by atoms with Crippen molar-refractivity contribution in [1.29, 1.82) is 0 Å². The molecule has 1 aromatic carbocycles. The molecule has 1 aliphatic carbocycles. The van der Waals surface area contributed by atoms with E-state index < -0.39 is 0 Å². The number of carbonyl (C=O) groups excluding carboxylic acids is 1. The minimum Gasteiger partial charge on any atom is -0.355 e. The fraction of sp³-hybridized carbons (Fsp3) is 0.294. The van der Waals surface area contributed by atoms with Crippen molar-refractivity contribution in [2.45, 2.75) is 24.7 Å². The first kappa shape index (κ1) is 16.2. The van der Waals surface area contributed by atoms with Crippen LogP contribution in [-0.2, 0) is 16.6 Å². The van der Waals surface area contributed by atoms with Crippen LogP contribution in [0, 0.1) is 5.82 Å². The smallest absolute Gasteiger partial charge is 0.224 e. The van der Waals surface area contributed by atoms with Crippen LogP contribution in [0.2, 0.25) is 10.0 Å². The maximum absolute atomic E-state index is 13.9. The first-order chi connectivity index (χ1) is 11.0. The average molecular weight is 353 g/mol. The lowest BCUT2D eigenvalue weighted by Crippen LogP contribution is -2.33. The van der Waals surface area contributed by atoms with Crippen LogP contribution in [0.15, 0.2) is 36.7 Å². The van der Waals surface area contributed by atoms with Crippen LogP contribution in [0.3, 0.4) is 0 Å². The Morgan fingerprint density at radius 1 is 1.26 bits per heavy atom. The molecule has 0 aliphatic heterocycles. The predicted octanol–water partition coefficient (Wildman–Crippen LogP) is 3.92. The molecule has 120 valence electrons. The van der Waals surface area contributed by atoms with Gasteiger partial charge in [0.25, 0.3) is 0 Å². The molecule has 23 heavy (non-hydrogen) atoms. The Balaban J connectivity index is 1.65. The van der Waals surface area contributed by atoms with Gasteiger partial charge in [0.15, 0.2) is 0 Å². The molecule has 0 saturated heterocycles. The fourth-order valence-electron chi connectivity index (χ4n) is 2.69. The van der Waals surface area contributed by atoms with Crippen molar-refractivity contribution >= 4 is 29.1 Å². The number of hydrogen-bond acceptors (Lipinski definition) is 2. The van der Waals surface area contributed by atoms with Crippen molar-refractivity contribution in [1.82, 2.24) is 10.3 Å². The Labute approximate surface area is 143 Å². The predicted molar refractivity (Wildman–Crippen MR) is 88.3 cm³/mol. The number of aromatic nitrogens is 1. The molecule has 3 rings (SSSR count). The third-order valence-electron chi connectivity index (χ3n) is 4.22. The SMILES string of the molecule is O=C(Cc1c(Cl)cccc1Cl)NCC1(c2ccncc2F)CC1. The summed E-state index contributed by atoms with van der Waals surface area (Å²) < 4.78 is 13.9. The Hall–Kier alpha value is -1.65. The number of nitrogens with zero attached hydrogens (tertiary/aromatic N) is 1. The summed E-state index contributed by atoms with van der Waals surface area (Å²) in [5.41, 5.74) is 0.907. The molecule has 2 aromatic rings. The monoisotopic (exact) mass is 352 g/mol.